The van der Waals surface area contributed by atoms with Gasteiger partial charge in [-0.25, -0.2) is 9.97 Å². The Balaban J connectivity index is 2.12. The summed E-state index contributed by atoms with van der Waals surface area (Å²) in [4.78, 5) is 34.6. The minimum atomic E-state index is -0.835. The number of aryl methyl sites for hydroxylation is 1. The highest BCUT2D eigenvalue weighted by molar-refractivity contribution is 7.99. The molecule has 2 aromatic heterocycles. The number of hydrogen-bond acceptors (Lipinski definition) is 7. The number of nitrogens with two attached hydrogens (primary N) is 1. The van der Waals surface area contributed by atoms with Crippen molar-refractivity contribution in [1.82, 2.24) is 24.7 Å². The zero-order chi connectivity index (χ0) is 15.0. The highest BCUT2D eigenvalue weighted by atomic mass is 32.2. The molecule has 0 atom stereocenters. The average Bonchev–Trinajstić information content (AvgIpc) is 2.44. The van der Waals surface area contributed by atoms with Crippen molar-refractivity contribution in [2.24, 2.45) is 7.05 Å². The van der Waals surface area contributed by atoms with Crippen molar-refractivity contribution in [3.05, 3.63) is 45.2 Å². The first-order chi connectivity index (χ1) is 10.0. The number of nitrogens with zero attached hydrogens (tertiary/aromatic N) is 4. The minimum absolute atomic E-state index is 0.330. The Bertz CT molecular complexity index is 948. The summed E-state index contributed by atoms with van der Waals surface area (Å²) in [7, 11) is 1.59. The Morgan fingerprint density at radius 1 is 1.29 bits per heavy atom. The molecule has 0 aliphatic carbocycles. The van der Waals surface area contributed by atoms with E-state index < -0.39 is 11.1 Å². The Hall–Kier alpha value is -2.68. The van der Waals surface area contributed by atoms with E-state index in [0.29, 0.717) is 21.4 Å². The predicted octanol–water partition coefficient (Wildman–Crippen LogP) is 0.145. The van der Waals surface area contributed by atoms with Crippen LogP contribution < -0.4 is 16.9 Å². The number of aromatic amines is 1. The molecule has 0 saturated heterocycles. The van der Waals surface area contributed by atoms with Crippen LogP contribution in [-0.2, 0) is 7.05 Å². The summed E-state index contributed by atoms with van der Waals surface area (Å²) < 4.78 is 1.37. The van der Waals surface area contributed by atoms with Crippen LogP contribution in [0.2, 0.25) is 0 Å². The van der Waals surface area contributed by atoms with Crippen LogP contribution in [0.3, 0.4) is 0 Å². The number of rotatable bonds is 2. The topological polar surface area (TPSA) is 120 Å². The van der Waals surface area contributed by atoms with Gasteiger partial charge in [0.1, 0.15) is 11.4 Å². The molecule has 0 aliphatic heterocycles. The van der Waals surface area contributed by atoms with Crippen LogP contribution in [-0.4, -0.2) is 24.7 Å². The van der Waals surface area contributed by atoms with Crippen molar-refractivity contribution in [2.75, 3.05) is 5.73 Å². The lowest BCUT2D eigenvalue weighted by Crippen LogP contribution is -2.33. The van der Waals surface area contributed by atoms with Crippen molar-refractivity contribution in [2.45, 2.75) is 10.2 Å². The summed E-state index contributed by atoms with van der Waals surface area (Å²) in [6.45, 7) is 0. The number of fused-ring (bicyclic) bond motifs is 1. The van der Waals surface area contributed by atoms with Crippen molar-refractivity contribution < 1.29 is 0 Å². The van der Waals surface area contributed by atoms with E-state index in [1.165, 1.54) is 11.0 Å². The number of nitrogens with one attached hydrogen (secondary N) is 1. The molecule has 0 amide bonds. The van der Waals surface area contributed by atoms with E-state index in [2.05, 4.69) is 20.1 Å². The molecular weight excluding hydrogens is 292 g/mol. The van der Waals surface area contributed by atoms with Crippen LogP contribution in [0.15, 0.2) is 44.3 Å². The Morgan fingerprint density at radius 2 is 2.10 bits per heavy atom. The van der Waals surface area contributed by atoms with Gasteiger partial charge in [0.25, 0.3) is 0 Å². The van der Waals surface area contributed by atoms with Gasteiger partial charge in [0, 0.05) is 18.1 Å². The monoisotopic (exact) mass is 302 g/mol. The first-order valence-corrected chi connectivity index (χ1v) is 6.71. The van der Waals surface area contributed by atoms with Crippen LogP contribution >= 0.6 is 11.8 Å². The first-order valence-electron chi connectivity index (χ1n) is 5.90. The molecule has 21 heavy (non-hydrogen) atoms. The van der Waals surface area contributed by atoms with Crippen molar-refractivity contribution in [3.8, 4) is 0 Å². The fraction of sp³-hybridized carbons (Fsp3) is 0.0833. The van der Waals surface area contributed by atoms with Gasteiger partial charge >= 0.3 is 11.1 Å². The van der Waals surface area contributed by atoms with Gasteiger partial charge < -0.3 is 5.73 Å². The third-order valence-electron chi connectivity index (χ3n) is 2.76. The van der Waals surface area contributed by atoms with E-state index in [1.54, 1.807) is 25.2 Å². The maximum atomic E-state index is 11.4. The van der Waals surface area contributed by atoms with E-state index in [4.69, 9.17) is 5.73 Å². The fourth-order valence-electron chi connectivity index (χ4n) is 1.77. The van der Waals surface area contributed by atoms with Crippen LogP contribution in [0.25, 0.3) is 10.9 Å². The Labute approximate surface area is 122 Å². The van der Waals surface area contributed by atoms with Gasteiger partial charge in [0.2, 0.25) is 0 Å². The van der Waals surface area contributed by atoms with Gasteiger partial charge in [-0.3, -0.25) is 19.4 Å². The second-order valence-corrected chi connectivity index (χ2v) is 5.21. The van der Waals surface area contributed by atoms with Crippen molar-refractivity contribution in [3.63, 3.8) is 0 Å². The summed E-state index contributed by atoms with van der Waals surface area (Å²) in [5.41, 5.74) is 5.43. The summed E-state index contributed by atoms with van der Waals surface area (Å²) in [6.07, 6.45) is 1.41. The molecule has 0 bridgehead atoms. The molecule has 0 radical (unpaired) electrons. The summed E-state index contributed by atoms with van der Waals surface area (Å²) >= 11 is 1.16. The lowest BCUT2D eigenvalue weighted by Gasteiger charge is -2.07. The summed E-state index contributed by atoms with van der Waals surface area (Å²) in [5, 5.41) is 4.13. The number of hydrogen-bond donors (Lipinski definition) is 2. The molecule has 106 valence electrons. The molecule has 1 aromatic carbocycles. The quantitative estimate of drug-likeness (QED) is 0.392. The van der Waals surface area contributed by atoms with Crippen LogP contribution in [0.5, 0.6) is 0 Å². The van der Waals surface area contributed by atoms with Gasteiger partial charge in [-0.1, -0.05) is 0 Å². The lowest BCUT2D eigenvalue weighted by atomic mass is 10.2. The maximum absolute atomic E-state index is 11.4. The number of aromatic nitrogens is 5. The molecule has 0 unspecified atom stereocenters. The number of nitrogen functional groups attached to an aromatic ring is 1. The van der Waals surface area contributed by atoms with Crippen LogP contribution in [0, 0.1) is 0 Å². The zero-order valence-corrected chi connectivity index (χ0v) is 11.7. The van der Waals surface area contributed by atoms with Gasteiger partial charge in [0.15, 0.2) is 5.16 Å². The largest absolute Gasteiger partial charge is 0.399 e. The molecule has 9 heteroatoms. The molecular formula is C12H10N6O2S. The third kappa shape index (κ3) is 2.50. The normalized spacial score (nSPS) is 10.9. The number of benzene rings is 1. The summed E-state index contributed by atoms with van der Waals surface area (Å²) in [6, 6.07) is 5.28. The molecule has 0 fully saturated rings. The van der Waals surface area contributed by atoms with Crippen LogP contribution in [0.1, 0.15) is 0 Å². The Morgan fingerprint density at radius 3 is 2.90 bits per heavy atom. The fourth-order valence-corrected chi connectivity index (χ4v) is 2.64. The third-order valence-corrected chi connectivity index (χ3v) is 3.83. The summed E-state index contributed by atoms with van der Waals surface area (Å²) in [5.74, 6) is 0. The van der Waals surface area contributed by atoms with E-state index in [-0.39, 0.29) is 0 Å². The highest BCUT2D eigenvalue weighted by Gasteiger charge is 2.10. The maximum Gasteiger partial charge on any atom is 0.339 e. The molecule has 0 saturated carbocycles. The van der Waals surface area contributed by atoms with Crippen molar-refractivity contribution in [1.29, 1.82) is 0 Å². The predicted molar refractivity (Wildman–Crippen MR) is 78.2 cm³/mol. The minimum Gasteiger partial charge on any atom is -0.399 e. The van der Waals surface area contributed by atoms with E-state index in [9.17, 15) is 9.59 Å². The second kappa shape index (κ2) is 5.02. The molecule has 0 aliphatic rings. The molecule has 3 N–H and O–H groups in total. The Kier molecular flexibility index (Phi) is 3.18. The highest BCUT2D eigenvalue weighted by Crippen LogP contribution is 2.29. The second-order valence-electron chi connectivity index (χ2n) is 4.26. The van der Waals surface area contributed by atoms with Gasteiger partial charge in [-0.15, -0.1) is 0 Å². The average molecular weight is 302 g/mol. The van der Waals surface area contributed by atoms with E-state index >= 15 is 0 Å². The molecule has 3 rings (SSSR count). The van der Waals surface area contributed by atoms with Gasteiger partial charge in [-0.05, 0) is 30.0 Å². The molecule has 0 spiro atoms. The molecule has 8 nitrogen and oxygen atoms in total. The van der Waals surface area contributed by atoms with Crippen LogP contribution in [0.4, 0.5) is 5.69 Å². The lowest BCUT2D eigenvalue weighted by molar-refractivity contribution is 0.596. The van der Waals surface area contributed by atoms with Gasteiger partial charge in [0.05, 0.1) is 5.52 Å². The number of anilines is 1. The number of H-pyrrole nitrogens is 1. The van der Waals surface area contributed by atoms with Crippen molar-refractivity contribution >= 4 is 28.4 Å². The molecule has 2 heterocycles. The zero-order valence-electron chi connectivity index (χ0n) is 10.9. The van der Waals surface area contributed by atoms with E-state index in [0.717, 1.165) is 17.1 Å². The molecule has 3 aromatic rings. The standard InChI is InChI=1S/C12H10N6O2S/c1-18-12(16-9(19)10(20)17-18)21-11-7-3-2-6(13)4-8(7)14-5-15-11/h2-5H,13H2,1H3,(H,17,20). The SMILES string of the molecule is Cn1[nH]c(=O)c(=O)nc1Sc1ncnc2cc(N)ccc12. The smallest absolute Gasteiger partial charge is 0.339 e. The van der Waals surface area contributed by atoms with Gasteiger partial charge in [-0.2, -0.15) is 4.98 Å². The van der Waals surface area contributed by atoms with E-state index in [1.807, 2.05) is 0 Å². The first kappa shape index (κ1) is 13.3.